The normalized spacial score (nSPS) is 10.3. The summed E-state index contributed by atoms with van der Waals surface area (Å²) >= 11 is 0. The Balaban J connectivity index is 2.35. The molecule has 100 valence electrons. The largest absolute Gasteiger partial charge is 0.464 e. The minimum absolute atomic E-state index is 0.160. The van der Waals surface area contributed by atoms with Crippen LogP contribution in [0.2, 0.25) is 0 Å². The van der Waals surface area contributed by atoms with Crippen LogP contribution in [0.4, 0.5) is 10.1 Å². The molecule has 0 amide bonds. The number of nitrogens with two attached hydrogens (primary N) is 1. The molecule has 2 N–H and O–H groups in total. The van der Waals surface area contributed by atoms with Gasteiger partial charge >= 0.3 is 5.97 Å². The second-order valence-electron chi connectivity index (χ2n) is 3.90. The number of alkyl halides is 1. The highest BCUT2D eigenvalue weighted by Gasteiger charge is 2.05. The second-order valence-corrected chi connectivity index (χ2v) is 3.90. The Hall–Kier alpha value is -1.85. The molecule has 0 aromatic carbocycles. The highest BCUT2D eigenvalue weighted by molar-refractivity contribution is 5.69. The average Bonchev–Trinajstić information content (AvgIpc) is 2.33. The number of pyridine rings is 1. The lowest BCUT2D eigenvalue weighted by molar-refractivity contribution is -0.144. The molecule has 6 heteroatoms. The predicted molar refractivity (Wildman–Crippen MR) is 65.9 cm³/mol. The molecule has 0 bridgehead atoms. The Bertz CT molecular complexity index is 445. The van der Waals surface area contributed by atoms with Crippen LogP contribution in [0.15, 0.2) is 23.1 Å². The zero-order chi connectivity index (χ0) is 13.4. The lowest BCUT2D eigenvalue weighted by atomic mass is 10.2. The molecule has 0 radical (unpaired) electrons. The number of ether oxygens (including phenoxy) is 1. The molecule has 0 spiro atoms. The monoisotopic (exact) mass is 256 g/mol. The summed E-state index contributed by atoms with van der Waals surface area (Å²) in [6.45, 7) is -0.268. The van der Waals surface area contributed by atoms with Crippen molar-refractivity contribution in [3.8, 4) is 0 Å². The van der Waals surface area contributed by atoms with Gasteiger partial charge in [-0.1, -0.05) is 0 Å². The number of nitrogens with zero attached hydrogens (tertiary/aromatic N) is 1. The molecule has 0 saturated carbocycles. The molecule has 1 aromatic heterocycles. The molecular formula is C12H17FN2O3. The van der Waals surface area contributed by atoms with Gasteiger partial charge in [0.05, 0.1) is 13.3 Å². The Kier molecular flexibility index (Phi) is 5.90. The molecule has 1 rings (SSSR count). The maximum absolute atomic E-state index is 11.8. The summed E-state index contributed by atoms with van der Waals surface area (Å²) in [7, 11) is 0. The summed E-state index contributed by atoms with van der Waals surface area (Å²) in [4.78, 5) is 22.8. The molecule has 0 unspecified atom stereocenters. The maximum Gasteiger partial charge on any atom is 0.326 e. The Labute approximate surface area is 104 Å². The van der Waals surface area contributed by atoms with Crippen LogP contribution in [0.25, 0.3) is 0 Å². The van der Waals surface area contributed by atoms with Gasteiger partial charge in [-0.3, -0.25) is 14.0 Å². The standard InChI is InChI=1S/C12H17FN2O3/c13-6-2-1-3-7-18-12(17)9-15-8-10(14)4-5-11(15)16/h4-5,8H,1-3,6-7,9,14H2. The Morgan fingerprint density at radius 2 is 2.11 bits per heavy atom. The van der Waals surface area contributed by atoms with Gasteiger partial charge in [-0.2, -0.15) is 0 Å². The number of anilines is 1. The first kappa shape index (κ1) is 14.2. The first-order valence-electron chi connectivity index (χ1n) is 5.81. The van der Waals surface area contributed by atoms with Crippen molar-refractivity contribution >= 4 is 11.7 Å². The van der Waals surface area contributed by atoms with E-state index in [1.54, 1.807) is 0 Å². The van der Waals surface area contributed by atoms with Crippen molar-refractivity contribution in [2.75, 3.05) is 19.0 Å². The van der Waals surface area contributed by atoms with E-state index in [9.17, 15) is 14.0 Å². The number of esters is 1. The van der Waals surface area contributed by atoms with Crippen molar-refractivity contribution in [2.45, 2.75) is 25.8 Å². The summed E-state index contributed by atoms with van der Waals surface area (Å²) in [5.74, 6) is -0.497. The fourth-order valence-electron chi connectivity index (χ4n) is 1.42. The van der Waals surface area contributed by atoms with E-state index in [-0.39, 0.29) is 25.4 Å². The number of carbonyl (C=O) groups excluding carboxylic acids is 1. The summed E-state index contributed by atoms with van der Waals surface area (Å²) < 4.78 is 17.9. The Morgan fingerprint density at radius 1 is 1.33 bits per heavy atom. The quantitative estimate of drug-likeness (QED) is 0.586. The number of halogens is 1. The van der Waals surface area contributed by atoms with Crippen molar-refractivity contribution < 1.29 is 13.9 Å². The topological polar surface area (TPSA) is 74.3 Å². The van der Waals surface area contributed by atoms with Crippen molar-refractivity contribution in [3.05, 3.63) is 28.7 Å². The first-order chi connectivity index (χ1) is 8.63. The van der Waals surface area contributed by atoms with Crippen LogP contribution in [0.5, 0.6) is 0 Å². The van der Waals surface area contributed by atoms with Gasteiger partial charge in [0, 0.05) is 18.0 Å². The van der Waals surface area contributed by atoms with Crippen LogP contribution in [0.1, 0.15) is 19.3 Å². The number of aromatic nitrogens is 1. The van der Waals surface area contributed by atoms with E-state index < -0.39 is 5.97 Å². The van der Waals surface area contributed by atoms with E-state index >= 15 is 0 Å². The lowest BCUT2D eigenvalue weighted by Crippen LogP contribution is -2.24. The number of carbonyl (C=O) groups is 1. The summed E-state index contributed by atoms with van der Waals surface area (Å²) in [6.07, 6.45) is 3.18. The summed E-state index contributed by atoms with van der Waals surface area (Å²) in [5, 5.41) is 0. The van der Waals surface area contributed by atoms with Crippen molar-refractivity contribution in [1.82, 2.24) is 4.57 Å². The number of unbranched alkanes of at least 4 members (excludes halogenated alkanes) is 2. The van der Waals surface area contributed by atoms with E-state index in [4.69, 9.17) is 10.5 Å². The molecule has 0 aliphatic carbocycles. The van der Waals surface area contributed by atoms with Crippen LogP contribution in [0, 0.1) is 0 Å². The first-order valence-corrected chi connectivity index (χ1v) is 5.81. The van der Waals surface area contributed by atoms with Crippen LogP contribution in [-0.4, -0.2) is 23.8 Å². The van der Waals surface area contributed by atoms with Gasteiger partial charge in [-0.05, 0) is 25.3 Å². The summed E-state index contributed by atoms with van der Waals surface area (Å²) in [5.41, 5.74) is 5.61. The third-order valence-electron chi connectivity index (χ3n) is 2.35. The van der Waals surface area contributed by atoms with E-state index in [2.05, 4.69) is 0 Å². The minimum atomic E-state index is -0.497. The average molecular weight is 256 g/mol. The zero-order valence-corrected chi connectivity index (χ0v) is 10.1. The highest BCUT2D eigenvalue weighted by atomic mass is 19.1. The number of hydrogen-bond acceptors (Lipinski definition) is 4. The molecule has 5 nitrogen and oxygen atoms in total. The van der Waals surface area contributed by atoms with Crippen molar-refractivity contribution in [3.63, 3.8) is 0 Å². The van der Waals surface area contributed by atoms with Gasteiger partial charge in [0.25, 0.3) is 5.56 Å². The predicted octanol–water partition coefficient (Wildman–Crippen LogP) is 1.11. The molecule has 0 aliphatic rings. The van der Waals surface area contributed by atoms with Gasteiger partial charge in [0.1, 0.15) is 6.54 Å². The molecule has 1 aromatic rings. The number of hydrogen-bond donors (Lipinski definition) is 1. The maximum atomic E-state index is 11.8. The zero-order valence-electron chi connectivity index (χ0n) is 10.1. The van der Waals surface area contributed by atoms with Crippen molar-refractivity contribution in [2.24, 2.45) is 0 Å². The molecule has 0 aliphatic heterocycles. The van der Waals surface area contributed by atoms with Gasteiger partial charge in [0.2, 0.25) is 0 Å². The van der Waals surface area contributed by atoms with Crippen LogP contribution in [-0.2, 0) is 16.1 Å². The number of rotatable bonds is 7. The summed E-state index contributed by atoms with van der Waals surface area (Å²) in [6, 6.07) is 2.77. The van der Waals surface area contributed by atoms with Gasteiger partial charge < -0.3 is 15.0 Å². The van der Waals surface area contributed by atoms with E-state index in [0.29, 0.717) is 24.9 Å². The van der Waals surface area contributed by atoms with Crippen LogP contribution in [0.3, 0.4) is 0 Å². The molecule has 18 heavy (non-hydrogen) atoms. The molecular weight excluding hydrogens is 239 g/mol. The van der Waals surface area contributed by atoms with Crippen LogP contribution >= 0.6 is 0 Å². The van der Waals surface area contributed by atoms with Crippen molar-refractivity contribution in [1.29, 1.82) is 0 Å². The number of nitrogen functional groups attached to an aromatic ring is 1. The van der Waals surface area contributed by atoms with E-state index in [1.165, 1.54) is 22.9 Å². The third-order valence-corrected chi connectivity index (χ3v) is 2.35. The van der Waals surface area contributed by atoms with E-state index in [0.717, 1.165) is 0 Å². The Morgan fingerprint density at radius 3 is 2.83 bits per heavy atom. The van der Waals surface area contributed by atoms with E-state index in [1.807, 2.05) is 0 Å². The molecule has 1 heterocycles. The van der Waals surface area contributed by atoms with Gasteiger partial charge in [-0.15, -0.1) is 0 Å². The molecule has 0 atom stereocenters. The smallest absolute Gasteiger partial charge is 0.326 e. The fraction of sp³-hybridized carbons (Fsp3) is 0.500. The second kappa shape index (κ2) is 7.47. The molecule has 0 fully saturated rings. The highest BCUT2D eigenvalue weighted by Crippen LogP contribution is 1.99. The SMILES string of the molecule is Nc1ccc(=O)n(CC(=O)OCCCCCF)c1. The molecule has 0 saturated heterocycles. The fourth-order valence-corrected chi connectivity index (χ4v) is 1.42. The van der Waals surface area contributed by atoms with Gasteiger partial charge in [-0.25, -0.2) is 0 Å². The third kappa shape index (κ3) is 4.99. The van der Waals surface area contributed by atoms with Gasteiger partial charge in [0.15, 0.2) is 0 Å². The lowest BCUT2D eigenvalue weighted by Gasteiger charge is -2.07. The minimum Gasteiger partial charge on any atom is -0.464 e. The van der Waals surface area contributed by atoms with Crippen LogP contribution < -0.4 is 11.3 Å².